The zero-order valence-corrected chi connectivity index (χ0v) is 19.0. The number of hydrogen-bond donors (Lipinski definition) is 0. The van der Waals surface area contributed by atoms with Gasteiger partial charge in [0.2, 0.25) is 10.8 Å². The molecule has 0 saturated heterocycles. The average Bonchev–Trinajstić information content (AvgIpc) is 3.74. The van der Waals surface area contributed by atoms with Crippen molar-refractivity contribution in [2.24, 2.45) is 15.2 Å². The van der Waals surface area contributed by atoms with Crippen molar-refractivity contribution in [2.75, 3.05) is 0 Å². The number of rotatable bonds is 8. The lowest BCUT2D eigenvalue weighted by atomic mass is 9.96. The van der Waals surface area contributed by atoms with E-state index in [1.807, 2.05) is 0 Å². The van der Waals surface area contributed by atoms with Gasteiger partial charge >= 0.3 is 30.0 Å². The third kappa shape index (κ3) is 4.80. The van der Waals surface area contributed by atoms with Crippen molar-refractivity contribution in [1.82, 2.24) is 15.0 Å². The van der Waals surface area contributed by atoms with Crippen molar-refractivity contribution in [1.29, 1.82) is 0 Å². The van der Waals surface area contributed by atoms with E-state index in [1.54, 1.807) is 0 Å². The van der Waals surface area contributed by atoms with Crippen LogP contribution in [0.1, 0.15) is 22.3 Å². The van der Waals surface area contributed by atoms with Crippen molar-refractivity contribution < 1.29 is 35.8 Å². The molecule has 0 N–H and O–H groups in total. The molecule has 2 aliphatic heterocycles. The molecular weight excluding hydrogens is 530 g/mol. The lowest BCUT2D eigenvalue weighted by Crippen LogP contribution is -2.31. The van der Waals surface area contributed by atoms with Gasteiger partial charge in [-0.2, -0.15) is 36.3 Å². The van der Waals surface area contributed by atoms with Crippen molar-refractivity contribution in [2.45, 2.75) is 36.8 Å². The summed E-state index contributed by atoms with van der Waals surface area (Å²) >= 11 is 5.88. The molecule has 15 heteroatoms. The van der Waals surface area contributed by atoms with Crippen molar-refractivity contribution in [3.63, 3.8) is 0 Å². The second-order valence-electron chi connectivity index (χ2n) is 8.03. The minimum atomic E-state index is -4.62. The molecule has 0 fully saturated rings. The van der Waals surface area contributed by atoms with Crippen LogP contribution in [0.15, 0.2) is 63.8 Å². The number of halogens is 7. The van der Waals surface area contributed by atoms with Gasteiger partial charge in [-0.15, -0.1) is 15.2 Å². The number of hydrogen-bond acceptors (Lipinski definition) is 8. The van der Waals surface area contributed by atoms with Crippen molar-refractivity contribution in [3.05, 3.63) is 76.1 Å². The maximum absolute atomic E-state index is 13.2. The molecule has 1 aromatic heterocycles. The fourth-order valence-electron chi connectivity index (χ4n) is 3.39. The number of nitrogens with zero attached hydrogens (tertiary/aromatic N) is 6. The Morgan fingerprint density at radius 3 is 1.51 bits per heavy atom. The molecule has 1 atom stereocenters. The van der Waals surface area contributed by atoms with Gasteiger partial charge in [-0.25, -0.2) is 0 Å². The Morgan fingerprint density at radius 2 is 1.14 bits per heavy atom. The van der Waals surface area contributed by atoms with Crippen LogP contribution < -0.4 is 9.47 Å². The van der Waals surface area contributed by atoms with Gasteiger partial charge in [0.15, 0.2) is 0 Å². The monoisotopic (exact) mass is 542 g/mol. The first-order valence-electron chi connectivity index (χ1n) is 10.4. The highest BCUT2D eigenvalue weighted by molar-refractivity contribution is 6.28. The molecule has 3 heterocycles. The third-order valence-electron chi connectivity index (χ3n) is 5.57. The SMILES string of the molecule is FC(F)(F)C1(c2ccc(COc3nc(Cl)nc(OCc4ccc(C5(C(F)(F)F)N=N5)cc4)n3)cc2)C=N1. The molecule has 0 bridgehead atoms. The summed E-state index contributed by atoms with van der Waals surface area (Å²) in [6, 6.07) is 10.5. The molecule has 2 aliphatic rings. The molecule has 0 aliphatic carbocycles. The number of alkyl halides is 6. The number of benzene rings is 2. The van der Waals surface area contributed by atoms with E-state index in [2.05, 4.69) is 30.2 Å². The van der Waals surface area contributed by atoms with Crippen LogP contribution >= 0.6 is 11.6 Å². The maximum atomic E-state index is 13.2. The van der Waals surface area contributed by atoms with E-state index in [0.717, 1.165) is 6.21 Å². The second-order valence-corrected chi connectivity index (χ2v) is 8.37. The van der Waals surface area contributed by atoms with Crippen LogP contribution in [0.4, 0.5) is 26.3 Å². The van der Waals surface area contributed by atoms with Gasteiger partial charge in [0, 0.05) is 11.8 Å². The zero-order chi connectivity index (χ0) is 26.5. The van der Waals surface area contributed by atoms with Crippen LogP contribution in [0.3, 0.4) is 0 Å². The molecule has 2 aromatic carbocycles. The smallest absolute Gasteiger partial charge is 0.442 e. The maximum Gasteiger partial charge on any atom is 0.442 e. The summed E-state index contributed by atoms with van der Waals surface area (Å²) < 4.78 is 89.7. The predicted octanol–water partition coefficient (Wildman–Crippen LogP) is 5.71. The highest BCUT2D eigenvalue weighted by atomic mass is 35.5. The topological polar surface area (TPSA) is 94.2 Å². The number of aliphatic imine (C=N–C) groups is 1. The standard InChI is InChI=1S/C22H13ClF6N6O2/c23-16-31-17(36-9-12-1-5-14(6-2-12)19(11-30-19)21(24,25)26)33-18(32-16)37-10-13-3-7-15(8-4-13)20(34-35-20)22(27,28)29/h1-8,11H,9-10H2. The molecule has 0 saturated carbocycles. The Balaban J connectivity index is 1.19. The quantitative estimate of drug-likeness (QED) is 0.340. The van der Waals surface area contributed by atoms with Crippen molar-refractivity contribution in [3.8, 4) is 12.0 Å². The van der Waals surface area contributed by atoms with Gasteiger partial charge in [-0.3, -0.25) is 4.99 Å². The van der Waals surface area contributed by atoms with Crippen LogP contribution in [0.2, 0.25) is 5.28 Å². The minimum Gasteiger partial charge on any atom is -0.458 e. The Morgan fingerprint density at radius 1 is 0.676 bits per heavy atom. The summed E-state index contributed by atoms with van der Waals surface area (Å²) in [7, 11) is 0. The number of ether oxygens (including phenoxy) is 2. The molecule has 0 radical (unpaired) electrons. The normalized spacial score (nSPS) is 19.5. The fourth-order valence-corrected chi connectivity index (χ4v) is 3.54. The van der Waals surface area contributed by atoms with Gasteiger partial charge in [-0.05, 0) is 28.3 Å². The molecule has 0 spiro atoms. The zero-order valence-electron chi connectivity index (χ0n) is 18.3. The minimum absolute atomic E-state index is 0.00910. The Labute approximate surface area is 209 Å². The third-order valence-corrected chi connectivity index (χ3v) is 5.74. The summed E-state index contributed by atoms with van der Waals surface area (Å²) in [6.45, 7) is -0.184. The fraction of sp³-hybridized carbons (Fsp3) is 0.273. The molecule has 1 unspecified atom stereocenters. The summed E-state index contributed by atoms with van der Waals surface area (Å²) in [6.07, 6.45) is -8.29. The summed E-state index contributed by atoms with van der Waals surface area (Å²) in [5, 5.41) is 6.05. The van der Waals surface area contributed by atoms with Crippen LogP contribution in [0.5, 0.6) is 12.0 Å². The Hall–Kier alpha value is -3.81. The second kappa shape index (κ2) is 8.64. The van der Waals surface area contributed by atoms with E-state index in [9.17, 15) is 26.3 Å². The Kier molecular flexibility index (Phi) is 5.81. The lowest BCUT2D eigenvalue weighted by molar-refractivity contribution is -0.166. The van der Waals surface area contributed by atoms with E-state index < -0.39 is 23.6 Å². The van der Waals surface area contributed by atoms with E-state index in [-0.39, 0.29) is 41.6 Å². The van der Waals surface area contributed by atoms with E-state index in [0.29, 0.717) is 11.1 Å². The van der Waals surface area contributed by atoms with E-state index in [4.69, 9.17) is 21.1 Å². The predicted molar refractivity (Wildman–Crippen MR) is 115 cm³/mol. The van der Waals surface area contributed by atoms with Gasteiger partial charge in [0.1, 0.15) is 13.2 Å². The molecule has 0 amide bonds. The van der Waals surface area contributed by atoms with Crippen LogP contribution in [0.25, 0.3) is 0 Å². The molecular formula is C22H13ClF6N6O2. The average molecular weight is 543 g/mol. The summed E-state index contributed by atoms with van der Waals surface area (Å²) in [5.74, 6) is 0. The van der Waals surface area contributed by atoms with Gasteiger partial charge in [-0.1, -0.05) is 48.5 Å². The van der Waals surface area contributed by atoms with Gasteiger partial charge < -0.3 is 9.47 Å². The molecule has 8 nitrogen and oxygen atoms in total. The molecule has 192 valence electrons. The lowest BCUT2D eigenvalue weighted by Gasteiger charge is -2.17. The first-order chi connectivity index (χ1) is 17.4. The highest BCUT2D eigenvalue weighted by Crippen LogP contribution is 2.52. The van der Waals surface area contributed by atoms with E-state index >= 15 is 0 Å². The van der Waals surface area contributed by atoms with Gasteiger partial charge in [0.25, 0.3) is 0 Å². The molecule has 3 aromatic rings. The van der Waals surface area contributed by atoms with Crippen LogP contribution in [-0.2, 0) is 24.4 Å². The highest BCUT2D eigenvalue weighted by Gasteiger charge is 2.65. The first kappa shape index (κ1) is 24.9. The van der Waals surface area contributed by atoms with Crippen LogP contribution in [0, 0.1) is 0 Å². The molecule has 37 heavy (non-hydrogen) atoms. The summed E-state index contributed by atoms with van der Waals surface area (Å²) in [5.41, 5.74) is -3.85. The van der Waals surface area contributed by atoms with Crippen molar-refractivity contribution >= 4 is 17.8 Å². The van der Waals surface area contributed by atoms with E-state index in [1.165, 1.54) is 48.5 Å². The summed E-state index contributed by atoms with van der Waals surface area (Å²) in [4.78, 5) is 15.0. The van der Waals surface area contributed by atoms with Crippen LogP contribution in [-0.4, -0.2) is 33.5 Å². The van der Waals surface area contributed by atoms with Gasteiger partial charge in [0.05, 0.1) is 0 Å². The Bertz CT molecular complexity index is 1260. The molecule has 5 rings (SSSR count). The first-order valence-corrected chi connectivity index (χ1v) is 10.8. The number of aromatic nitrogens is 3. The largest absolute Gasteiger partial charge is 0.458 e.